The number of carbonyl (C=O) groups is 1. The first-order valence-corrected chi connectivity index (χ1v) is 7.52. The second kappa shape index (κ2) is 6.64. The molecule has 0 spiro atoms. The topological polar surface area (TPSA) is 45.2 Å². The van der Waals surface area contributed by atoms with E-state index in [0.29, 0.717) is 11.3 Å². The molecule has 110 valence electrons. The maximum absolute atomic E-state index is 12.3. The van der Waals surface area contributed by atoms with Crippen molar-refractivity contribution in [1.82, 2.24) is 4.98 Å². The van der Waals surface area contributed by atoms with Gasteiger partial charge in [-0.2, -0.15) is 0 Å². The third-order valence-corrected chi connectivity index (χ3v) is 3.93. The fourth-order valence-electron chi connectivity index (χ4n) is 1.74. The molecule has 0 radical (unpaired) electrons. The molecule has 21 heavy (non-hydrogen) atoms. The Morgan fingerprint density at radius 3 is 2.62 bits per heavy atom. The molecule has 0 bridgehead atoms. The van der Waals surface area contributed by atoms with Crippen LogP contribution in [-0.4, -0.2) is 25.0 Å². The number of benzene rings is 1. The van der Waals surface area contributed by atoms with E-state index in [1.807, 2.05) is 37.2 Å². The van der Waals surface area contributed by atoms with Crippen LogP contribution in [-0.2, 0) is 0 Å². The van der Waals surface area contributed by atoms with E-state index in [2.05, 4.69) is 26.2 Å². The van der Waals surface area contributed by atoms with Crippen molar-refractivity contribution < 1.29 is 4.79 Å². The zero-order chi connectivity index (χ0) is 15.6. The van der Waals surface area contributed by atoms with Crippen LogP contribution < -0.4 is 10.2 Å². The van der Waals surface area contributed by atoms with E-state index in [-0.39, 0.29) is 16.1 Å². The summed E-state index contributed by atoms with van der Waals surface area (Å²) in [4.78, 5) is 18.1. The van der Waals surface area contributed by atoms with Gasteiger partial charge in [0.05, 0.1) is 22.0 Å². The number of hydrogen-bond donors (Lipinski definition) is 1. The molecule has 0 aliphatic rings. The molecule has 1 aromatic heterocycles. The van der Waals surface area contributed by atoms with Crippen molar-refractivity contribution in [3.8, 4) is 0 Å². The fourth-order valence-corrected chi connectivity index (χ4v) is 2.37. The van der Waals surface area contributed by atoms with Crippen molar-refractivity contribution in [2.45, 2.75) is 0 Å². The first-order chi connectivity index (χ1) is 9.88. The molecule has 0 atom stereocenters. The molecule has 0 saturated carbocycles. The lowest BCUT2D eigenvalue weighted by Gasteiger charge is -2.18. The molecule has 1 aromatic carbocycles. The number of rotatable bonds is 3. The number of halogens is 3. The zero-order valence-electron chi connectivity index (χ0n) is 11.3. The number of pyridine rings is 1. The number of aromatic nitrogens is 1. The van der Waals surface area contributed by atoms with Crippen LogP contribution in [0.25, 0.3) is 0 Å². The van der Waals surface area contributed by atoms with E-state index >= 15 is 0 Å². The van der Waals surface area contributed by atoms with Crippen LogP contribution in [0, 0.1) is 0 Å². The minimum absolute atomic E-state index is 0.171. The Morgan fingerprint density at radius 2 is 2.00 bits per heavy atom. The predicted octanol–water partition coefficient (Wildman–Crippen LogP) is 4.47. The van der Waals surface area contributed by atoms with Gasteiger partial charge in [0.15, 0.2) is 0 Å². The Morgan fingerprint density at radius 1 is 1.29 bits per heavy atom. The maximum atomic E-state index is 12.3. The van der Waals surface area contributed by atoms with E-state index in [1.54, 1.807) is 0 Å². The van der Waals surface area contributed by atoms with Crippen molar-refractivity contribution in [1.29, 1.82) is 0 Å². The summed E-state index contributed by atoms with van der Waals surface area (Å²) in [6.07, 6.45) is 1.39. The van der Waals surface area contributed by atoms with Gasteiger partial charge < -0.3 is 10.2 Å². The molecular weight excluding hydrogens is 377 g/mol. The molecule has 7 heteroatoms. The molecule has 2 aromatic rings. The number of amides is 1. The van der Waals surface area contributed by atoms with E-state index in [4.69, 9.17) is 23.2 Å². The molecule has 0 aliphatic carbocycles. The Labute approximate surface area is 141 Å². The summed E-state index contributed by atoms with van der Waals surface area (Å²) >= 11 is 15.0. The lowest BCUT2D eigenvalue weighted by molar-refractivity contribution is 0.102. The smallest absolute Gasteiger partial charge is 0.257 e. The first kappa shape index (κ1) is 16.1. The third kappa shape index (κ3) is 3.87. The van der Waals surface area contributed by atoms with Gasteiger partial charge in [0.2, 0.25) is 0 Å². The standard InChI is InChI=1S/C14H12BrCl2N3O/c1-20(2)12-4-3-9(15)6-11(12)19-14(21)8-5-10(16)13(17)18-7-8/h3-7H,1-2H3,(H,19,21). The van der Waals surface area contributed by atoms with Gasteiger partial charge in [-0.05, 0) is 24.3 Å². The monoisotopic (exact) mass is 387 g/mol. The Bertz CT molecular complexity index is 692. The van der Waals surface area contributed by atoms with Gasteiger partial charge in [-0.25, -0.2) is 4.98 Å². The molecular formula is C14H12BrCl2N3O. The van der Waals surface area contributed by atoms with Crippen molar-refractivity contribution in [2.75, 3.05) is 24.3 Å². The Balaban J connectivity index is 2.30. The molecule has 4 nitrogen and oxygen atoms in total. The van der Waals surface area contributed by atoms with Crippen LogP contribution in [0.3, 0.4) is 0 Å². The number of nitrogens with zero attached hydrogens (tertiary/aromatic N) is 2. The summed E-state index contributed by atoms with van der Waals surface area (Å²) in [6.45, 7) is 0. The van der Waals surface area contributed by atoms with E-state index < -0.39 is 0 Å². The summed E-state index contributed by atoms with van der Waals surface area (Å²) in [5.41, 5.74) is 1.92. The summed E-state index contributed by atoms with van der Waals surface area (Å²) < 4.78 is 0.871. The second-order valence-corrected chi connectivity index (χ2v) is 6.19. The largest absolute Gasteiger partial charge is 0.376 e. The van der Waals surface area contributed by atoms with E-state index in [1.165, 1.54) is 12.3 Å². The number of carbonyl (C=O) groups excluding carboxylic acids is 1. The number of nitrogens with one attached hydrogen (secondary N) is 1. The molecule has 1 N–H and O–H groups in total. The van der Waals surface area contributed by atoms with Crippen molar-refractivity contribution in [3.63, 3.8) is 0 Å². The summed E-state index contributed by atoms with van der Waals surface area (Å²) in [5, 5.41) is 3.26. The molecule has 0 saturated heterocycles. The van der Waals surface area contributed by atoms with Crippen LogP contribution in [0.1, 0.15) is 10.4 Å². The highest BCUT2D eigenvalue weighted by molar-refractivity contribution is 9.10. The van der Waals surface area contributed by atoms with Crippen LogP contribution in [0.5, 0.6) is 0 Å². The van der Waals surface area contributed by atoms with Gasteiger partial charge in [-0.1, -0.05) is 39.1 Å². The highest BCUT2D eigenvalue weighted by atomic mass is 79.9. The van der Waals surface area contributed by atoms with Gasteiger partial charge >= 0.3 is 0 Å². The van der Waals surface area contributed by atoms with Crippen molar-refractivity contribution in [3.05, 3.63) is 50.7 Å². The van der Waals surface area contributed by atoms with E-state index in [0.717, 1.165) is 10.2 Å². The maximum Gasteiger partial charge on any atom is 0.257 e. The molecule has 2 rings (SSSR count). The minimum Gasteiger partial charge on any atom is -0.376 e. The van der Waals surface area contributed by atoms with E-state index in [9.17, 15) is 4.79 Å². The summed E-state index contributed by atoms with van der Waals surface area (Å²) in [7, 11) is 3.80. The van der Waals surface area contributed by atoms with Crippen LogP contribution in [0.4, 0.5) is 11.4 Å². The number of hydrogen-bond acceptors (Lipinski definition) is 3. The fraction of sp³-hybridized carbons (Fsp3) is 0.143. The lowest BCUT2D eigenvalue weighted by Crippen LogP contribution is -2.17. The summed E-state index contributed by atoms with van der Waals surface area (Å²) in [6, 6.07) is 7.14. The highest BCUT2D eigenvalue weighted by Crippen LogP contribution is 2.29. The van der Waals surface area contributed by atoms with Crippen LogP contribution in [0.15, 0.2) is 34.9 Å². The van der Waals surface area contributed by atoms with Crippen molar-refractivity contribution in [2.24, 2.45) is 0 Å². The Kier molecular flexibility index (Phi) is 5.08. The van der Waals surface area contributed by atoms with Gasteiger partial charge in [-0.15, -0.1) is 0 Å². The van der Waals surface area contributed by atoms with Gasteiger partial charge in [-0.3, -0.25) is 4.79 Å². The normalized spacial score (nSPS) is 10.3. The average Bonchev–Trinajstić information content (AvgIpc) is 2.41. The average molecular weight is 389 g/mol. The predicted molar refractivity (Wildman–Crippen MR) is 90.7 cm³/mol. The van der Waals surface area contributed by atoms with Gasteiger partial charge in [0.25, 0.3) is 5.91 Å². The van der Waals surface area contributed by atoms with Crippen LogP contribution in [0.2, 0.25) is 10.2 Å². The molecule has 1 amide bonds. The zero-order valence-corrected chi connectivity index (χ0v) is 14.4. The van der Waals surface area contributed by atoms with Crippen LogP contribution >= 0.6 is 39.1 Å². The molecule has 1 heterocycles. The quantitative estimate of drug-likeness (QED) is 0.789. The van der Waals surface area contributed by atoms with Gasteiger partial charge in [0, 0.05) is 24.8 Å². The summed E-state index contributed by atoms with van der Waals surface area (Å²) in [5.74, 6) is -0.303. The third-order valence-electron chi connectivity index (χ3n) is 2.75. The molecule has 0 aliphatic heterocycles. The van der Waals surface area contributed by atoms with Gasteiger partial charge in [0.1, 0.15) is 5.15 Å². The Hall–Kier alpha value is -1.30. The van der Waals surface area contributed by atoms with Crippen molar-refractivity contribution >= 4 is 56.4 Å². The lowest BCUT2D eigenvalue weighted by atomic mass is 10.2. The highest BCUT2D eigenvalue weighted by Gasteiger charge is 2.13. The SMILES string of the molecule is CN(C)c1ccc(Br)cc1NC(=O)c1cnc(Cl)c(Cl)c1. The first-order valence-electron chi connectivity index (χ1n) is 5.97. The number of anilines is 2. The molecule has 0 unspecified atom stereocenters. The molecule has 0 fully saturated rings. The minimum atomic E-state index is -0.303. The second-order valence-electron chi connectivity index (χ2n) is 4.51.